The fourth-order valence-corrected chi connectivity index (χ4v) is 3.91. The van der Waals surface area contributed by atoms with Crippen molar-refractivity contribution >= 4 is 11.6 Å². The van der Waals surface area contributed by atoms with Crippen LogP contribution >= 0.6 is 0 Å². The minimum absolute atomic E-state index is 0.0149. The summed E-state index contributed by atoms with van der Waals surface area (Å²) < 4.78 is 28.2. The van der Waals surface area contributed by atoms with Gasteiger partial charge >= 0.3 is 0 Å². The second-order valence-corrected chi connectivity index (χ2v) is 7.59. The Bertz CT molecular complexity index is 1140. The zero-order chi connectivity index (χ0) is 22.0. The minimum Gasteiger partial charge on any atom is -0.324 e. The van der Waals surface area contributed by atoms with Crippen LogP contribution in [-0.4, -0.2) is 26.9 Å². The molecule has 0 saturated carbocycles. The van der Waals surface area contributed by atoms with Crippen LogP contribution < -0.4 is 11.1 Å². The number of carbonyl (C=O) groups excluding carboxylic acids is 1. The lowest BCUT2D eigenvalue weighted by atomic mass is 9.82. The lowest BCUT2D eigenvalue weighted by molar-refractivity contribution is 0.102. The van der Waals surface area contributed by atoms with E-state index in [1.807, 2.05) is 13.0 Å². The van der Waals surface area contributed by atoms with Gasteiger partial charge in [0.1, 0.15) is 17.3 Å². The number of halogens is 2. The zero-order valence-corrected chi connectivity index (χ0v) is 16.8. The first-order valence-corrected chi connectivity index (χ1v) is 9.88. The number of hydrogen-bond acceptors (Lipinski definition) is 5. The maximum Gasteiger partial charge on any atom is 0.274 e. The zero-order valence-electron chi connectivity index (χ0n) is 16.8. The molecule has 1 amide bonds. The Hall–Kier alpha value is -3.52. The molecule has 0 radical (unpaired) electrons. The van der Waals surface area contributed by atoms with E-state index in [-0.39, 0.29) is 29.0 Å². The van der Waals surface area contributed by atoms with Gasteiger partial charge in [0.2, 0.25) is 0 Å². The van der Waals surface area contributed by atoms with Crippen LogP contribution in [0.2, 0.25) is 0 Å². The number of nitrogens with one attached hydrogen (secondary N) is 1. The molecule has 1 aromatic carbocycles. The van der Waals surface area contributed by atoms with Crippen LogP contribution in [0.25, 0.3) is 11.4 Å². The van der Waals surface area contributed by atoms with Gasteiger partial charge in [0.05, 0.1) is 17.4 Å². The fraction of sp³-hybridized carbons (Fsp3) is 0.217. The van der Waals surface area contributed by atoms with Crippen molar-refractivity contribution in [2.24, 2.45) is 5.73 Å². The van der Waals surface area contributed by atoms with Gasteiger partial charge in [-0.1, -0.05) is 17.7 Å². The predicted molar refractivity (Wildman–Crippen MR) is 113 cm³/mol. The normalized spacial score (nSPS) is 18.4. The first kappa shape index (κ1) is 20.7. The van der Waals surface area contributed by atoms with E-state index in [0.717, 1.165) is 30.5 Å². The highest BCUT2D eigenvalue weighted by atomic mass is 19.1. The van der Waals surface area contributed by atoms with Gasteiger partial charge in [-0.3, -0.25) is 9.78 Å². The molecule has 0 bridgehead atoms. The molecule has 3 N–H and O–H groups in total. The number of allylic oxidation sites excluding steroid dienone is 1. The molecule has 1 aliphatic rings. The number of anilines is 1. The monoisotopic (exact) mass is 421 g/mol. The Morgan fingerprint density at radius 3 is 2.68 bits per heavy atom. The molecule has 6 nitrogen and oxygen atoms in total. The minimum atomic E-state index is -0.802. The molecule has 31 heavy (non-hydrogen) atoms. The molecule has 8 heteroatoms. The van der Waals surface area contributed by atoms with Crippen molar-refractivity contribution in [3.05, 3.63) is 83.5 Å². The van der Waals surface area contributed by atoms with Gasteiger partial charge in [-0.15, -0.1) is 0 Å². The number of carbonyl (C=O) groups is 1. The van der Waals surface area contributed by atoms with Crippen LogP contribution in [0.1, 0.15) is 41.7 Å². The van der Waals surface area contributed by atoms with E-state index in [1.165, 1.54) is 23.9 Å². The van der Waals surface area contributed by atoms with Crippen molar-refractivity contribution in [2.75, 3.05) is 5.32 Å². The van der Waals surface area contributed by atoms with Gasteiger partial charge in [0.25, 0.3) is 5.91 Å². The molecular formula is C23H21F2N5O. The molecule has 0 aliphatic heterocycles. The van der Waals surface area contributed by atoms with Crippen molar-refractivity contribution in [3.8, 4) is 11.4 Å². The molecule has 2 aromatic heterocycles. The Labute approximate surface area is 178 Å². The summed E-state index contributed by atoms with van der Waals surface area (Å²) >= 11 is 0. The van der Waals surface area contributed by atoms with E-state index >= 15 is 0 Å². The number of pyridine rings is 1. The largest absolute Gasteiger partial charge is 0.324 e. The SMILES string of the molecule is CC1=C[C@H](N)C[C@H](c2ccncc2NC(=O)c2ccnc(-c3c(F)cccc3F)n2)C1. The number of hydrogen-bond donors (Lipinski definition) is 2. The summed E-state index contributed by atoms with van der Waals surface area (Å²) in [6.07, 6.45) is 8.19. The third-order valence-electron chi connectivity index (χ3n) is 5.24. The first-order valence-electron chi connectivity index (χ1n) is 9.88. The standard InChI is InChI=1S/C23H21F2N5O/c1-13-9-14(11-15(26)10-13)16-5-7-27-12-20(16)30-23(31)19-6-8-28-22(29-19)21-17(24)3-2-4-18(21)25/h2-8,10,12,14-15H,9,11,26H2,1H3,(H,30,31)/t14-,15+/m1/s1. The van der Waals surface area contributed by atoms with Crippen molar-refractivity contribution in [2.45, 2.75) is 31.7 Å². The number of nitrogens with two attached hydrogens (primary N) is 1. The molecule has 4 rings (SSSR count). The van der Waals surface area contributed by atoms with Crippen LogP contribution in [0.15, 0.2) is 60.6 Å². The topological polar surface area (TPSA) is 93.8 Å². The number of aromatic nitrogens is 3. The van der Waals surface area contributed by atoms with E-state index in [2.05, 4.69) is 26.3 Å². The smallest absolute Gasteiger partial charge is 0.274 e. The Morgan fingerprint density at radius 2 is 1.94 bits per heavy atom. The number of benzene rings is 1. The van der Waals surface area contributed by atoms with Crippen molar-refractivity contribution in [1.82, 2.24) is 15.0 Å². The third kappa shape index (κ3) is 4.49. The lowest BCUT2D eigenvalue weighted by Crippen LogP contribution is -2.25. The molecule has 0 fully saturated rings. The second kappa shape index (κ2) is 8.69. The van der Waals surface area contributed by atoms with Crippen LogP contribution in [-0.2, 0) is 0 Å². The molecule has 0 saturated heterocycles. The first-order chi connectivity index (χ1) is 14.9. The van der Waals surface area contributed by atoms with Crippen LogP contribution in [0, 0.1) is 11.6 Å². The van der Waals surface area contributed by atoms with Crippen molar-refractivity contribution < 1.29 is 13.6 Å². The van der Waals surface area contributed by atoms with Crippen LogP contribution in [0.5, 0.6) is 0 Å². The molecule has 2 atom stereocenters. The second-order valence-electron chi connectivity index (χ2n) is 7.59. The molecular weight excluding hydrogens is 400 g/mol. The summed E-state index contributed by atoms with van der Waals surface area (Å²) in [4.78, 5) is 25.0. The van der Waals surface area contributed by atoms with Gasteiger partial charge < -0.3 is 11.1 Å². The lowest BCUT2D eigenvalue weighted by Gasteiger charge is -2.27. The van der Waals surface area contributed by atoms with E-state index in [9.17, 15) is 13.6 Å². The van der Waals surface area contributed by atoms with Crippen molar-refractivity contribution in [3.63, 3.8) is 0 Å². The van der Waals surface area contributed by atoms with E-state index in [0.29, 0.717) is 5.69 Å². The maximum absolute atomic E-state index is 14.1. The highest BCUT2D eigenvalue weighted by Gasteiger charge is 2.24. The van der Waals surface area contributed by atoms with E-state index in [4.69, 9.17) is 5.73 Å². The van der Waals surface area contributed by atoms with E-state index in [1.54, 1.807) is 12.4 Å². The Morgan fingerprint density at radius 1 is 1.16 bits per heavy atom. The predicted octanol–water partition coefficient (Wildman–Crippen LogP) is 4.22. The summed E-state index contributed by atoms with van der Waals surface area (Å²) in [6.45, 7) is 2.04. The van der Waals surface area contributed by atoms with Gasteiger partial charge in [-0.25, -0.2) is 18.7 Å². The van der Waals surface area contributed by atoms with Crippen LogP contribution in [0.3, 0.4) is 0 Å². The van der Waals surface area contributed by atoms with Crippen molar-refractivity contribution in [1.29, 1.82) is 0 Å². The van der Waals surface area contributed by atoms with Gasteiger partial charge in [0.15, 0.2) is 5.82 Å². The number of rotatable bonds is 4. The highest BCUT2D eigenvalue weighted by molar-refractivity contribution is 6.03. The summed E-state index contributed by atoms with van der Waals surface area (Å²) in [7, 11) is 0. The summed E-state index contributed by atoms with van der Waals surface area (Å²) in [6, 6.07) is 6.69. The Balaban J connectivity index is 1.61. The summed E-state index contributed by atoms with van der Waals surface area (Å²) in [5, 5.41) is 2.82. The van der Waals surface area contributed by atoms with Crippen LogP contribution in [0.4, 0.5) is 14.5 Å². The number of nitrogens with zero attached hydrogens (tertiary/aromatic N) is 3. The molecule has 3 aromatic rings. The molecule has 0 unspecified atom stereocenters. The van der Waals surface area contributed by atoms with Gasteiger partial charge in [-0.05, 0) is 55.5 Å². The third-order valence-corrected chi connectivity index (χ3v) is 5.24. The molecule has 0 spiro atoms. The molecule has 2 heterocycles. The number of amides is 1. The molecule has 158 valence electrons. The quantitative estimate of drug-likeness (QED) is 0.615. The van der Waals surface area contributed by atoms with Gasteiger partial charge in [0, 0.05) is 18.4 Å². The fourth-order valence-electron chi connectivity index (χ4n) is 3.91. The Kier molecular flexibility index (Phi) is 5.81. The summed E-state index contributed by atoms with van der Waals surface area (Å²) in [5.41, 5.74) is 8.42. The average Bonchev–Trinajstić information content (AvgIpc) is 2.73. The molecule has 1 aliphatic carbocycles. The van der Waals surface area contributed by atoms with Gasteiger partial charge in [-0.2, -0.15) is 0 Å². The average molecular weight is 421 g/mol. The maximum atomic E-state index is 14.1. The highest BCUT2D eigenvalue weighted by Crippen LogP contribution is 2.35. The van der Waals surface area contributed by atoms with E-state index < -0.39 is 17.5 Å². The summed E-state index contributed by atoms with van der Waals surface area (Å²) in [5.74, 6) is -2.18.